The van der Waals surface area contributed by atoms with Crippen LogP contribution in [-0.2, 0) is 24.3 Å². The van der Waals surface area contributed by atoms with Crippen molar-refractivity contribution < 1.29 is 22.7 Å². The number of sulfonamides is 1. The van der Waals surface area contributed by atoms with E-state index in [4.69, 9.17) is 4.74 Å². The quantitative estimate of drug-likeness (QED) is 0.521. The topological polar surface area (TPSA) is 102 Å². The van der Waals surface area contributed by atoms with Gasteiger partial charge in [0.25, 0.3) is 5.91 Å². The summed E-state index contributed by atoms with van der Waals surface area (Å²) in [6.45, 7) is 4.97. The third-order valence-electron chi connectivity index (χ3n) is 4.04. The Bertz CT molecular complexity index is 800. The molecule has 1 aliphatic rings. The number of carbonyl (C=O) groups excluding carboxylic acids is 2. The lowest BCUT2D eigenvalue weighted by atomic mass is 10.1. The predicted octanol–water partition coefficient (Wildman–Crippen LogP) is 2.60. The Hall–Kier alpha value is -2.19. The minimum absolute atomic E-state index is 0.110. The van der Waals surface area contributed by atoms with Crippen molar-refractivity contribution >= 4 is 27.6 Å². The number of anilines is 1. The van der Waals surface area contributed by atoms with Crippen LogP contribution in [0.25, 0.3) is 0 Å². The standard InChI is InChI=1S/C19H26N2O5S/c1-13(2)21-27(24,25)17-10-8-16(9-11-17)20-19(23)14(3)26-18(22)12-15-6-4-5-7-15/h4,6,8-11,13-15,21H,5,7,12H2,1-3H3,(H,20,23)/t14-,15-/m0/s1. The molecule has 2 N–H and O–H groups in total. The summed E-state index contributed by atoms with van der Waals surface area (Å²) in [6.07, 6.45) is 5.26. The second-order valence-electron chi connectivity index (χ2n) is 6.89. The van der Waals surface area contributed by atoms with Gasteiger partial charge in [-0.2, -0.15) is 0 Å². The number of esters is 1. The van der Waals surface area contributed by atoms with Gasteiger partial charge < -0.3 is 10.1 Å². The van der Waals surface area contributed by atoms with Crippen molar-refractivity contribution in [2.75, 3.05) is 5.32 Å². The summed E-state index contributed by atoms with van der Waals surface area (Å²) in [4.78, 5) is 24.2. The molecule has 8 heteroatoms. The van der Waals surface area contributed by atoms with Gasteiger partial charge >= 0.3 is 5.97 Å². The lowest BCUT2D eigenvalue weighted by molar-refractivity contribution is -0.153. The average molecular weight is 394 g/mol. The molecule has 27 heavy (non-hydrogen) atoms. The van der Waals surface area contributed by atoms with E-state index < -0.39 is 28.0 Å². The van der Waals surface area contributed by atoms with Gasteiger partial charge in [-0.1, -0.05) is 12.2 Å². The van der Waals surface area contributed by atoms with E-state index in [0.717, 1.165) is 12.8 Å². The first kappa shape index (κ1) is 21.1. The van der Waals surface area contributed by atoms with Crippen LogP contribution in [0.1, 0.15) is 40.0 Å². The van der Waals surface area contributed by atoms with Crippen molar-refractivity contribution in [3.05, 3.63) is 36.4 Å². The highest BCUT2D eigenvalue weighted by Gasteiger charge is 2.21. The lowest BCUT2D eigenvalue weighted by Crippen LogP contribution is -2.31. The summed E-state index contributed by atoms with van der Waals surface area (Å²) < 4.78 is 31.8. The van der Waals surface area contributed by atoms with Gasteiger partial charge in [-0.3, -0.25) is 9.59 Å². The van der Waals surface area contributed by atoms with Crippen molar-refractivity contribution in [1.82, 2.24) is 4.72 Å². The Morgan fingerprint density at radius 1 is 1.19 bits per heavy atom. The minimum atomic E-state index is -3.59. The summed E-state index contributed by atoms with van der Waals surface area (Å²) in [5, 5.41) is 2.61. The third-order valence-corrected chi connectivity index (χ3v) is 5.72. The average Bonchev–Trinajstić information content (AvgIpc) is 3.06. The van der Waals surface area contributed by atoms with Crippen LogP contribution in [0.2, 0.25) is 0 Å². The largest absolute Gasteiger partial charge is 0.453 e. The Morgan fingerprint density at radius 2 is 1.85 bits per heavy atom. The fourth-order valence-corrected chi connectivity index (χ4v) is 3.97. The van der Waals surface area contributed by atoms with E-state index in [1.807, 2.05) is 12.2 Å². The van der Waals surface area contributed by atoms with E-state index in [0.29, 0.717) is 5.69 Å². The van der Waals surface area contributed by atoms with Crippen LogP contribution in [0, 0.1) is 5.92 Å². The molecule has 0 bridgehead atoms. The van der Waals surface area contributed by atoms with E-state index in [9.17, 15) is 18.0 Å². The van der Waals surface area contributed by atoms with Crippen LogP contribution in [-0.4, -0.2) is 32.4 Å². The fraction of sp³-hybridized carbons (Fsp3) is 0.474. The molecule has 7 nitrogen and oxygen atoms in total. The van der Waals surface area contributed by atoms with E-state index in [1.165, 1.54) is 31.2 Å². The Balaban J connectivity index is 1.89. The lowest BCUT2D eigenvalue weighted by Gasteiger charge is -2.15. The van der Waals surface area contributed by atoms with Gasteiger partial charge in [0.1, 0.15) is 0 Å². The molecule has 0 aliphatic heterocycles. The third kappa shape index (κ3) is 6.48. The molecule has 0 saturated carbocycles. The highest BCUT2D eigenvalue weighted by molar-refractivity contribution is 7.89. The number of allylic oxidation sites excluding steroid dienone is 2. The van der Waals surface area contributed by atoms with Crippen LogP contribution in [0.15, 0.2) is 41.3 Å². The number of hydrogen-bond donors (Lipinski definition) is 2. The summed E-state index contributed by atoms with van der Waals surface area (Å²) in [6, 6.07) is 5.58. The second-order valence-corrected chi connectivity index (χ2v) is 8.61. The zero-order valence-corrected chi connectivity index (χ0v) is 16.6. The first-order chi connectivity index (χ1) is 12.7. The number of rotatable bonds is 8. The van der Waals surface area contributed by atoms with Gasteiger partial charge in [-0.25, -0.2) is 13.1 Å². The maximum absolute atomic E-state index is 12.2. The monoisotopic (exact) mass is 394 g/mol. The normalized spacial score (nSPS) is 17.7. The molecule has 1 aromatic carbocycles. The zero-order chi connectivity index (χ0) is 20.0. The highest BCUT2D eigenvalue weighted by Crippen LogP contribution is 2.21. The number of hydrogen-bond acceptors (Lipinski definition) is 5. The molecule has 0 unspecified atom stereocenters. The van der Waals surface area contributed by atoms with E-state index in [1.54, 1.807) is 13.8 Å². The Kier molecular flexibility index (Phi) is 7.15. The highest BCUT2D eigenvalue weighted by atomic mass is 32.2. The van der Waals surface area contributed by atoms with Crippen LogP contribution in [0.3, 0.4) is 0 Å². The summed E-state index contributed by atoms with van der Waals surface area (Å²) >= 11 is 0. The molecule has 1 amide bonds. The molecule has 2 atom stereocenters. The second kappa shape index (κ2) is 9.14. The van der Waals surface area contributed by atoms with E-state index in [-0.39, 0.29) is 23.3 Å². The van der Waals surface area contributed by atoms with Crippen molar-refractivity contribution in [3.63, 3.8) is 0 Å². The first-order valence-electron chi connectivity index (χ1n) is 8.97. The van der Waals surface area contributed by atoms with E-state index >= 15 is 0 Å². The maximum atomic E-state index is 12.2. The molecule has 0 spiro atoms. The number of carbonyl (C=O) groups is 2. The van der Waals surface area contributed by atoms with Gasteiger partial charge in [-0.05, 0) is 63.8 Å². The molecular formula is C19H26N2O5S. The number of nitrogens with one attached hydrogen (secondary N) is 2. The Labute approximate surface area is 160 Å². The molecule has 1 aromatic rings. The summed E-state index contributed by atoms with van der Waals surface area (Å²) in [7, 11) is -3.59. The molecule has 0 aromatic heterocycles. The molecular weight excluding hydrogens is 368 g/mol. The van der Waals surface area contributed by atoms with Gasteiger partial charge in [-0.15, -0.1) is 0 Å². The zero-order valence-electron chi connectivity index (χ0n) is 15.8. The number of ether oxygens (including phenoxy) is 1. The molecule has 2 rings (SSSR count). The fourth-order valence-electron chi connectivity index (χ4n) is 2.72. The van der Waals surface area contributed by atoms with Crippen LogP contribution < -0.4 is 10.0 Å². The Morgan fingerprint density at radius 3 is 2.41 bits per heavy atom. The minimum Gasteiger partial charge on any atom is -0.453 e. The van der Waals surface area contributed by atoms with Crippen LogP contribution in [0.5, 0.6) is 0 Å². The maximum Gasteiger partial charge on any atom is 0.307 e. The molecule has 148 valence electrons. The smallest absolute Gasteiger partial charge is 0.307 e. The van der Waals surface area contributed by atoms with Crippen LogP contribution in [0.4, 0.5) is 5.69 Å². The predicted molar refractivity (Wildman–Crippen MR) is 103 cm³/mol. The van der Waals surface area contributed by atoms with Crippen molar-refractivity contribution in [1.29, 1.82) is 0 Å². The van der Waals surface area contributed by atoms with Crippen molar-refractivity contribution in [2.24, 2.45) is 5.92 Å². The molecule has 0 saturated heterocycles. The SMILES string of the molecule is CC(C)NS(=O)(=O)c1ccc(NC(=O)[C@H](C)OC(=O)C[C@H]2C=CCC2)cc1. The molecule has 1 aliphatic carbocycles. The van der Waals surface area contributed by atoms with Crippen molar-refractivity contribution in [2.45, 2.75) is 57.1 Å². The van der Waals surface area contributed by atoms with Gasteiger partial charge in [0.2, 0.25) is 10.0 Å². The first-order valence-corrected chi connectivity index (χ1v) is 10.4. The van der Waals surface area contributed by atoms with Gasteiger partial charge in [0.05, 0.1) is 11.3 Å². The molecule has 0 heterocycles. The van der Waals surface area contributed by atoms with Crippen molar-refractivity contribution in [3.8, 4) is 0 Å². The number of benzene rings is 1. The van der Waals surface area contributed by atoms with E-state index in [2.05, 4.69) is 10.0 Å². The molecule has 0 radical (unpaired) electrons. The van der Waals surface area contributed by atoms with Gasteiger partial charge in [0.15, 0.2) is 6.10 Å². The molecule has 0 fully saturated rings. The van der Waals surface area contributed by atoms with Crippen LogP contribution >= 0.6 is 0 Å². The summed E-state index contributed by atoms with van der Waals surface area (Å²) in [5.41, 5.74) is 0.421. The number of amides is 1. The van der Waals surface area contributed by atoms with Gasteiger partial charge in [0, 0.05) is 11.7 Å². The summed E-state index contributed by atoms with van der Waals surface area (Å²) in [5.74, 6) is -0.696.